The number of carbonyl (C=O) groups excluding carboxylic acids is 1. The maximum Gasteiger partial charge on any atom is 0.353 e. The number of rotatable bonds is 5. The Kier molecular flexibility index (Phi) is 5.12. The monoisotopic (exact) mass is 357 g/mol. The van der Waals surface area contributed by atoms with Crippen LogP contribution < -0.4 is 10.1 Å². The fourth-order valence-corrected chi connectivity index (χ4v) is 3.03. The van der Waals surface area contributed by atoms with Crippen molar-refractivity contribution in [1.29, 1.82) is 0 Å². The summed E-state index contributed by atoms with van der Waals surface area (Å²) in [5.74, 6) is 0.888. The van der Waals surface area contributed by atoms with Gasteiger partial charge >= 0.3 is 5.97 Å². The van der Waals surface area contributed by atoms with E-state index in [4.69, 9.17) is 4.74 Å². The Labute approximate surface area is 148 Å². The maximum absolute atomic E-state index is 11.9. The molecule has 0 radical (unpaired) electrons. The molecule has 0 unspecified atom stereocenters. The number of nitrogens with zero attached hydrogens (tertiary/aromatic N) is 2. The lowest BCUT2D eigenvalue weighted by molar-refractivity contribution is 0.0740. The molecule has 24 heavy (non-hydrogen) atoms. The van der Waals surface area contributed by atoms with Gasteiger partial charge in [-0.15, -0.1) is 11.3 Å². The fraction of sp³-hybridized carbons (Fsp3) is 0.118. The summed E-state index contributed by atoms with van der Waals surface area (Å²) in [6.07, 6.45) is 1.94. The summed E-state index contributed by atoms with van der Waals surface area (Å²) in [5, 5.41) is 5.79. The first-order chi connectivity index (χ1) is 11.6. The number of nitrogens with one attached hydrogen (secondary N) is 1. The first kappa shape index (κ1) is 16.5. The average Bonchev–Trinajstić information content (AvgIpc) is 3.11. The van der Waals surface area contributed by atoms with Gasteiger partial charge in [0.05, 0.1) is 0 Å². The number of anilines is 2. The number of thioether (sulfide) groups is 1. The normalized spacial score (nSPS) is 10.4. The Morgan fingerprint density at radius 1 is 1.21 bits per heavy atom. The van der Waals surface area contributed by atoms with E-state index < -0.39 is 0 Å². The minimum atomic E-state index is -0.346. The molecule has 0 bridgehead atoms. The number of aromatic nitrogens is 2. The molecule has 0 aliphatic heterocycles. The highest BCUT2D eigenvalue weighted by Crippen LogP contribution is 2.22. The highest BCUT2D eigenvalue weighted by atomic mass is 32.2. The molecule has 0 spiro atoms. The highest BCUT2D eigenvalue weighted by Gasteiger charge is 2.09. The van der Waals surface area contributed by atoms with E-state index in [9.17, 15) is 4.79 Å². The van der Waals surface area contributed by atoms with Gasteiger partial charge in [0.1, 0.15) is 16.4 Å². The first-order valence-corrected chi connectivity index (χ1v) is 9.27. The Morgan fingerprint density at radius 2 is 2.00 bits per heavy atom. The number of carbonyl (C=O) groups is 1. The van der Waals surface area contributed by atoms with E-state index in [1.807, 2.05) is 42.8 Å². The Balaban J connectivity index is 1.68. The molecular formula is C17H15N3O2S2. The molecule has 1 aromatic carbocycles. The molecule has 0 saturated carbocycles. The summed E-state index contributed by atoms with van der Waals surface area (Å²) in [5.41, 5.74) is 1.76. The number of thiophene rings is 1. The molecule has 2 heterocycles. The zero-order valence-corrected chi connectivity index (χ0v) is 14.8. The molecule has 0 aliphatic rings. The lowest BCUT2D eigenvalue weighted by Crippen LogP contribution is -2.06. The minimum Gasteiger partial charge on any atom is -0.422 e. The number of esters is 1. The summed E-state index contributed by atoms with van der Waals surface area (Å²) in [6, 6.07) is 12.6. The SMILES string of the molecule is CSc1nc(C)cc(Nc2ccc(OC(=O)c3cccs3)cc2)n1. The van der Waals surface area contributed by atoms with Gasteiger partial charge in [-0.05, 0) is 48.9 Å². The van der Waals surface area contributed by atoms with Crippen molar-refractivity contribution in [3.8, 4) is 5.75 Å². The van der Waals surface area contributed by atoms with Crippen molar-refractivity contribution in [3.05, 3.63) is 58.4 Å². The Morgan fingerprint density at radius 3 is 2.67 bits per heavy atom. The van der Waals surface area contributed by atoms with E-state index in [-0.39, 0.29) is 5.97 Å². The third-order valence-electron chi connectivity index (χ3n) is 3.08. The number of ether oxygens (including phenoxy) is 1. The number of hydrogen-bond donors (Lipinski definition) is 1. The van der Waals surface area contributed by atoms with Gasteiger partial charge in [-0.25, -0.2) is 14.8 Å². The van der Waals surface area contributed by atoms with Crippen LogP contribution in [0.5, 0.6) is 5.75 Å². The number of hydrogen-bond acceptors (Lipinski definition) is 7. The van der Waals surface area contributed by atoms with Crippen LogP contribution in [0.2, 0.25) is 0 Å². The lowest BCUT2D eigenvalue weighted by atomic mass is 10.3. The van der Waals surface area contributed by atoms with E-state index in [2.05, 4.69) is 15.3 Å². The second-order valence-electron chi connectivity index (χ2n) is 4.90. The minimum absolute atomic E-state index is 0.346. The van der Waals surface area contributed by atoms with Gasteiger partial charge in [0, 0.05) is 17.4 Å². The van der Waals surface area contributed by atoms with Gasteiger partial charge < -0.3 is 10.1 Å². The number of aryl methyl sites for hydroxylation is 1. The summed E-state index contributed by atoms with van der Waals surface area (Å²) >= 11 is 2.85. The largest absolute Gasteiger partial charge is 0.422 e. The van der Waals surface area contributed by atoms with Crippen molar-refractivity contribution in [3.63, 3.8) is 0 Å². The third kappa shape index (κ3) is 4.12. The molecule has 5 nitrogen and oxygen atoms in total. The predicted octanol–water partition coefficient (Wildman–Crippen LogP) is 4.53. The summed E-state index contributed by atoms with van der Waals surface area (Å²) in [4.78, 5) is 21.2. The molecule has 0 fully saturated rings. The van der Waals surface area contributed by atoms with Crippen molar-refractivity contribution in [2.75, 3.05) is 11.6 Å². The molecule has 3 aromatic rings. The van der Waals surface area contributed by atoms with E-state index in [1.165, 1.54) is 23.1 Å². The average molecular weight is 357 g/mol. The first-order valence-electron chi connectivity index (χ1n) is 7.16. The van der Waals surface area contributed by atoms with Crippen LogP contribution in [0, 0.1) is 6.92 Å². The van der Waals surface area contributed by atoms with E-state index >= 15 is 0 Å². The molecular weight excluding hydrogens is 342 g/mol. The van der Waals surface area contributed by atoms with Crippen molar-refractivity contribution in [2.45, 2.75) is 12.1 Å². The van der Waals surface area contributed by atoms with Crippen LogP contribution >= 0.6 is 23.1 Å². The highest BCUT2D eigenvalue weighted by molar-refractivity contribution is 7.98. The van der Waals surface area contributed by atoms with E-state index in [0.29, 0.717) is 10.6 Å². The van der Waals surface area contributed by atoms with Crippen LogP contribution in [0.3, 0.4) is 0 Å². The molecule has 2 aromatic heterocycles. The molecule has 0 saturated heterocycles. The van der Waals surface area contributed by atoms with E-state index in [1.54, 1.807) is 18.2 Å². The molecule has 0 aliphatic carbocycles. The van der Waals surface area contributed by atoms with Gasteiger partial charge in [-0.1, -0.05) is 17.8 Å². The van der Waals surface area contributed by atoms with Crippen LogP contribution in [-0.4, -0.2) is 22.2 Å². The number of benzene rings is 1. The third-order valence-corrected chi connectivity index (χ3v) is 4.47. The molecule has 0 atom stereocenters. The summed E-state index contributed by atoms with van der Waals surface area (Å²) < 4.78 is 5.33. The van der Waals surface area contributed by atoms with Crippen molar-refractivity contribution in [1.82, 2.24) is 9.97 Å². The van der Waals surface area contributed by atoms with Gasteiger partial charge in [-0.2, -0.15) is 0 Å². The van der Waals surface area contributed by atoms with Crippen molar-refractivity contribution in [2.24, 2.45) is 0 Å². The second-order valence-corrected chi connectivity index (χ2v) is 6.62. The van der Waals surface area contributed by atoms with Crippen molar-refractivity contribution < 1.29 is 9.53 Å². The fourth-order valence-electron chi connectivity index (χ4n) is 2.00. The molecule has 3 rings (SSSR count). The van der Waals surface area contributed by atoms with Crippen LogP contribution in [0.15, 0.2) is 53.0 Å². The topological polar surface area (TPSA) is 64.1 Å². The Hall–Kier alpha value is -2.38. The van der Waals surface area contributed by atoms with Gasteiger partial charge in [0.25, 0.3) is 0 Å². The smallest absolute Gasteiger partial charge is 0.353 e. The van der Waals surface area contributed by atoms with Gasteiger partial charge in [0.2, 0.25) is 0 Å². The Bertz CT molecular complexity index is 834. The molecule has 7 heteroatoms. The van der Waals surface area contributed by atoms with Gasteiger partial charge in [-0.3, -0.25) is 0 Å². The predicted molar refractivity (Wildman–Crippen MR) is 97.6 cm³/mol. The summed E-state index contributed by atoms with van der Waals surface area (Å²) in [6.45, 7) is 1.93. The van der Waals surface area contributed by atoms with E-state index in [0.717, 1.165) is 22.4 Å². The van der Waals surface area contributed by atoms with Crippen molar-refractivity contribution >= 4 is 40.6 Å². The zero-order valence-electron chi connectivity index (χ0n) is 13.1. The zero-order chi connectivity index (χ0) is 16.9. The van der Waals surface area contributed by atoms with Crippen LogP contribution in [0.25, 0.3) is 0 Å². The summed E-state index contributed by atoms with van der Waals surface area (Å²) in [7, 11) is 0. The lowest BCUT2D eigenvalue weighted by Gasteiger charge is -2.08. The second kappa shape index (κ2) is 7.46. The molecule has 0 amide bonds. The quantitative estimate of drug-likeness (QED) is 0.313. The standard InChI is InChI=1S/C17H15N3O2S2/c1-11-10-15(20-17(18-11)23-2)19-12-5-7-13(8-6-12)22-16(21)14-4-3-9-24-14/h3-10H,1-2H3,(H,18,19,20). The molecule has 122 valence electrons. The maximum atomic E-state index is 11.9. The van der Waals surface area contributed by atoms with Gasteiger partial charge in [0.15, 0.2) is 5.16 Å². The van der Waals surface area contributed by atoms with Crippen LogP contribution in [-0.2, 0) is 0 Å². The van der Waals surface area contributed by atoms with Crippen LogP contribution in [0.4, 0.5) is 11.5 Å². The van der Waals surface area contributed by atoms with Crippen LogP contribution in [0.1, 0.15) is 15.4 Å². The molecule has 1 N–H and O–H groups in total.